The van der Waals surface area contributed by atoms with Crippen molar-refractivity contribution in [2.45, 2.75) is 40.7 Å². The minimum atomic E-state index is 0.672. The molecule has 20 heavy (non-hydrogen) atoms. The van der Waals surface area contributed by atoms with Crippen LogP contribution in [0.5, 0.6) is 0 Å². The van der Waals surface area contributed by atoms with Crippen LogP contribution in [0.15, 0.2) is 30.5 Å². The SMILES string of the molecule is CCc1ccccc1-n1ncc(CNCC(C)C)c1C. The van der Waals surface area contributed by atoms with Gasteiger partial charge in [-0.15, -0.1) is 0 Å². The number of rotatable bonds is 6. The molecule has 0 aliphatic rings. The highest BCUT2D eigenvalue weighted by molar-refractivity contribution is 5.42. The summed E-state index contributed by atoms with van der Waals surface area (Å²) in [5.41, 5.74) is 5.03. The van der Waals surface area contributed by atoms with Gasteiger partial charge in [0.05, 0.1) is 11.9 Å². The minimum Gasteiger partial charge on any atom is -0.312 e. The van der Waals surface area contributed by atoms with Gasteiger partial charge < -0.3 is 5.32 Å². The molecule has 0 unspecified atom stereocenters. The second-order valence-electron chi connectivity index (χ2n) is 5.67. The van der Waals surface area contributed by atoms with Gasteiger partial charge in [0, 0.05) is 17.8 Å². The summed E-state index contributed by atoms with van der Waals surface area (Å²) < 4.78 is 2.06. The molecule has 1 aromatic heterocycles. The molecule has 1 N–H and O–H groups in total. The topological polar surface area (TPSA) is 29.9 Å². The van der Waals surface area contributed by atoms with Crippen LogP contribution >= 0.6 is 0 Å². The van der Waals surface area contributed by atoms with E-state index < -0.39 is 0 Å². The first-order valence-corrected chi connectivity index (χ1v) is 7.46. The van der Waals surface area contributed by atoms with Crippen molar-refractivity contribution in [3.8, 4) is 5.69 Å². The Balaban J connectivity index is 2.20. The number of benzene rings is 1. The Morgan fingerprint density at radius 1 is 1.20 bits per heavy atom. The fourth-order valence-corrected chi connectivity index (χ4v) is 2.37. The van der Waals surface area contributed by atoms with Gasteiger partial charge in [-0.2, -0.15) is 5.10 Å². The van der Waals surface area contributed by atoms with Crippen molar-refractivity contribution in [3.05, 3.63) is 47.3 Å². The first-order chi connectivity index (χ1) is 9.63. The van der Waals surface area contributed by atoms with E-state index in [-0.39, 0.29) is 0 Å². The Labute approximate surface area is 122 Å². The maximum Gasteiger partial charge on any atom is 0.0680 e. The van der Waals surface area contributed by atoms with E-state index in [0.29, 0.717) is 5.92 Å². The van der Waals surface area contributed by atoms with Crippen LogP contribution < -0.4 is 5.32 Å². The summed E-state index contributed by atoms with van der Waals surface area (Å²) in [6, 6.07) is 8.48. The lowest BCUT2D eigenvalue weighted by Crippen LogP contribution is -2.19. The first-order valence-electron chi connectivity index (χ1n) is 7.46. The predicted molar refractivity (Wildman–Crippen MR) is 84.2 cm³/mol. The molecule has 0 atom stereocenters. The van der Waals surface area contributed by atoms with Crippen LogP contribution in [-0.4, -0.2) is 16.3 Å². The second-order valence-corrected chi connectivity index (χ2v) is 5.67. The summed E-state index contributed by atoms with van der Waals surface area (Å²) in [7, 11) is 0. The molecule has 1 heterocycles. The van der Waals surface area contributed by atoms with Gasteiger partial charge in [-0.25, -0.2) is 4.68 Å². The van der Waals surface area contributed by atoms with E-state index in [1.807, 2.05) is 6.20 Å². The summed E-state index contributed by atoms with van der Waals surface area (Å²) >= 11 is 0. The van der Waals surface area contributed by atoms with Crippen molar-refractivity contribution in [1.29, 1.82) is 0 Å². The maximum absolute atomic E-state index is 4.57. The van der Waals surface area contributed by atoms with Gasteiger partial charge in [0.2, 0.25) is 0 Å². The van der Waals surface area contributed by atoms with E-state index in [1.165, 1.54) is 22.5 Å². The zero-order valence-corrected chi connectivity index (χ0v) is 13.0. The van der Waals surface area contributed by atoms with Crippen molar-refractivity contribution in [2.75, 3.05) is 6.54 Å². The Hall–Kier alpha value is -1.61. The molecule has 0 radical (unpaired) electrons. The van der Waals surface area contributed by atoms with E-state index in [0.717, 1.165) is 19.5 Å². The number of nitrogens with one attached hydrogen (secondary N) is 1. The van der Waals surface area contributed by atoms with Crippen LogP contribution in [0.4, 0.5) is 0 Å². The van der Waals surface area contributed by atoms with E-state index in [2.05, 4.69) is 67.1 Å². The Morgan fingerprint density at radius 2 is 1.95 bits per heavy atom. The number of hydrogen-bond donors (Lipinski definition) is 1. The largest absolute Gasteiger partial charge is 0.312 e. The summed E-state index contributed by atoms with van der Waals surface area (Å²) in [6.45, 7) is 10.7. The molecule has 0 aliphatic carbocycles. The lowest BCUT2D eigenvalue weighted by Gasteiger charge is -2.11. The van der Waals surface area contributed by atoms with E-state index in [4.69, 9.17) is 0 Å². The smallest absolute Gasteiger partial charge is 0.0680 e. The summed E-state index contributed by atoms with van der Waals surface area (Å²) in [6.07, 6.45) is 3.01. The van der Waals surface area contributed by atoms with Crippen molar-refractivity contribution in [1.82, 2.24) is 15.1 Å². The fourth-order valence-electron chi connectivity index (χ4n) is 2.37. The molecular formula is C17H25N3. The third-order valence-electron chi connectivity index (χ3n) is 3.58. The molecule has 0 bridgehead atoms. The normalized spacial score (nSPS) is 11.2. The van der Waals surface area contributed by atoms with Crippen LogP contribution in [0.3, 0.4) is 0 Å². The third kappa shape index (κ3) is 3.28. The Morgan fingerprint density at radius 3 is 2.65 bits per heavy atom. The number of nitrogens with zero attached hydrogens (tertiary/aromatic N) is 2. The van der Waals surface area contributed by atoms with E-state index in [1.54, 1.807) is 0 Å². The molecule has 0 saturated heterocycles. The van der Waals surface area contributed by atoms with Gasteiger partial charge in [-0.3, -0.25) is 0 Å². The molecule has 1 aromatic carbocycles. The van der Waals surface area contributed by atoms with E-state index in [9.17, 15) is 0 Å². The standard InChI is InChI=1S/C17H25N3/c1-5-15-8-6-7-9-17(15)20-14(4)16(12-19-20)11-18-10-13(2)3/h6-9,12-13,18H,5,10-11H2,1-4H3. The molecule has 108 valence electrons. The van der Waals surface area contributed by atoms with E-state index >= 15 is 0 Å². The second kappa shape index (κ2) is 6.71. The van der Waals surface area contributed by atoms with Crippen molar-refractivity contribution < 1.29 is 0 Å². The zero-order valence-electron chi connectivity index (χ0n) is 13.0. The number of para-hydroxylation sites is 1. The lowest BCUT2D eigenvalue weighted by molar-refractivity contribution is 0.551. The number of aromatic nitrogens is 2. The molecule has 0 spiro atoms. The van der Waals surface area contributed by atoms with Crippen LogP contribution in [0.1, 0.15) is 37.6 Å². The highest BCUT2D eigenvalue weighted by Crippen LogP contribution is 2.18. The van der Waals surface area contributed by atoms with Gasteiger partial charge >= 0.3 is 0 Å². The van der Waals surface area contributed by atoms with Crippen LogP contribution in [-0.2, 0) is 13.0 Å². The van der Waals surface area contributed by atoms with Gasteiger partial charge in [-0.05, 0) is 37.4 Å². The van der Waals surface area contributed by atoms with Crippen molar-refractivity contribution >= 4 is 0 Å². The Kier molecular flexibility index (Phi) is 4.96. The third-order valence-corrected chi connectivity index (χ3v) is 3.58. The molecule has 3 heteroatoms. The Bertz CT molecular complexity index is 555. The zero-order chi connectivity index (χ0) is 14.5. The monoisotopic (exact) mass is 271 g/mol. The molecule has 0 saturated carbocycles. The highest BCUT2D eigenvalue weighted by atomic mass is 15.3. The van der Waals surface area contributed by atoms with Crippen LogP contribution in [0.2, 0.25) is 0 Å². The quantitative estimate of drug-likeness (QED) is 0.871. The lowest BCUT2D eigenvalue weighted by atomic mass is 10.1. The van der Waals surface area contributed by atoms with Crippen LogP contribution in [0.25, 0.3) is 5.69 Å². The molecule has 2 aromatic rings. The first kappa shape index (κ1) is 14.8. The summed E-state index contributed by atoms with van der Waals surface area (Å²) in [5.74, 6) is 0.672. The molecule has 0 aliphatic heterocycles. The average Bonchev–Trinajstić information content (AvgIpc) is 2.80. The summed E-state index contributed by atoms with van der Waals surface area (Å²) in [4.78, 5) is 0. The van der Waals surface area contributed by atoms with Gasteiger partial charge in [-0.1, -0.05) is 39.0 Å². The van der Waals surface area contributed by atoms with Crippen molar-refractivity contribution in [2.24, 2.45) is 5.92 Å². The van der Waals surface area contributed by atoms with Gasteiger partial charge in [0.15, 0.2) is 0 Å². The summed E-state index contributed by atoms with van der Waals surface area (Å²) in [5, 5.41) is 8.05. The minimum absolute atomic E-state index is 0.672. The highest BCUT2D eigenvalue weighted by Gasteiger charge is 2.10. The predicted octanol–water partition coefficient (Wildman–Crippen LogP) is 3.49. The van der Waals surface area contributed by atoms with Gasteiger partial charge in [0.1, 0.15) is 0 Å². The van der Waals surface area contributed by atoms with Crippen LogP contribution in [0, 0.1) is 12.8 Å². The number of aryl methyl sites for hydroxylation is 1. The molecule has 0 amide bonds. The molecule has 0 fully saturated rings. The molecular weight excluding hydrogens is 246 g/mol. The average molecular weight is 271 g/mol. The maximum atomic E-state index is 4.57. The molecule has 2 rings (SSSR count). The van der Waals surface area contributed by atoms with Gasteiger partial charge in [0.25, 0.3) is 0 Å². The fraction of sp³-hybridized carbons (Fsp3) is 0.471. The number of hydrogen-bond acceptors (Lipinski definition) is 2. The molecule has 3 nitrogen and oxygen atoms in total. The van der Waals surface area contributed by atoms with Crippen molar-refractivity contribution in [3.63, 3.8) is 0 Å².